The molecule has 1 heterocycles. The first-order valence-electron chi connectivity index (χ1n) is 7.26. The molecule has 3 N–H and O–H groups in total. The van der Waals surface area contributed by atoms with E-state index >= 15 is 0 Å². The summed E-state index contributed by atoms with van der Waals surface area (Å²) in [5, 5.41) is 1.74. The smallest absolute Gasteiger partial charge is 0.123 e. The van der Waals surface area contributed by atoms with Crippen molar-refractivity contribution in [2.75, 3.05) is 6.54 Å². The third-order valence-electron chi connectivity index (χ3n) is 4.47. The lowest BCUT2D eigenvalue weighted by atomic mass is 9.91. The average Bonchev–Trinajstić information content (AvgIpc) is 2.98. The molecule has 2 nitrogen and oxygen atoms in total. The molecule has 1 aromatic rings. The normalized spacial score (nSPS) is 39.5. The summed E-state index contributed by atoms with van der Waals surface area (Å²) in [6.07, 6.45) is 4.68. The summed E-state index contributed by atoms with van der Waals surface area (Å²) in [5.41, 5.74) is 7.63. The Labute approximate surface area is 105 Å². The summed E-state index contributed by atoms with van der Waals surface area (Å²) >= 11 is 0. The molecule has 0 aromatic heterocycles. The predicted octanol–water partition coefficient (Wildman–Crippen LogP) is 2.26. The van der Waals surface area contributed by atoms with Gasteiger partial charge in [-0.05, 0) is 49.6 Å². The maximum absolute atomic E-state index is 8.01. The second kappa shape index (κ2) is 4.79. The van der Waals surface area contributed by atoms with E-state index in [2.05, 4.69) is 30.3 Å². The van der Waals surface area contributed by atoms with E-state index in [-0.39, 0.29) is 6.04 Å². The van der Waals surface area contributed by atoms with E-state index in [0.29, 0.717) is 17.9 Å². The van der Waals surface area contributed by atoms with Gasteiger partial charge in [-0.15, -0.1) is 0 Å². The summed E-state index contributed by atoms with van der Waals surface area (Å²) in [6.45, 7) is 0.846. The third kappa shape index (κ3) is 2.24. The van der Waals surface area contributed by atoms with Crippen molar-refractivity contribution in [3.05, 3.63) is 35.9 Å². The van der Waals surface area contributed by atoms with Crippen molar-refractivity contribution in [3.63, 3.8) is 0 Å². The Kier molecular flexibility index (Phi) is 2.85. The van der Waals surface area contributed by atoms with Gasteiger partial charge in [0.25, 0.3) is 0 Å². The molecular formula is C15H22N2. The second-order valence-electron chi connectivity index (χ2n) is 5.53. The first-order chi connectivity index (χ1) is 8.75. The van der Waals surface area contributed by atoms with Crippen LogP contribution in [0.1, 0.15) is 37.2 Å². The quantitative estimate of drug-likeness (QED) is 0.819. The fourth-order valence-electron chi connectivity index (χ4n) is 3.53. The second-order valence-corrected chi connectivity index (χ2v) is 5.53. The van der Waals surface area contributed by atoms with Crippen LogP contribution >= 0.6 is 0 Å². The van der Waals surface area contributed by atoms with Gasteiger partial charge >= 0.3 is 0 Å². The number of nitrogens with two attached hydrogens (primary N) is 1. The van der Waals surface area contributed by atoms with Crippen LogP contribution < -0.4 is 11.0 Å². The van der Waals surface area contributed by atoms with E-state index in [1.54, 1.807) is 5.31 Å². The zero-order valence-corrected chi connectivity index (χ0v) is 10.3. The Bertz CT molecular complexity index is 385. The Hall–Kier alpha value is -0.860. The van der Waals surface area contributed by atoms with Crippen molar-refractivity contribution in [2.45, 2.75) is 43.7 Å². The molecule has 1 saturated carbocycles. The molecule has 3 rings (SSSR count). The molecule has 0 radical (unpaired) electrons. The molecule has 1 aliphatic carbocycles. The van der Waals surface area contributed by atoms with Gasteiger partial charge in [0.05, 0.1) is 0 Å². The highest BCUT2D eigenvalue weighted by molar-refractivity contribution is 5.21. The lowest BCUT2D eigenvalue weighted by molar-refractivity contribution is 0.366. The summed E-state index contributed by atoms with van der Waals surface area (Å²) in [5.74, 6) is 1.29. The van der Waals surface area contributed by atoms with E-state index in [0.717, 1.165) is 13.0 Å². The van der Waals surface area contributed by atoms with Crippen molar-refractivity contribution >= 4 is 0 Å². The van der Waals surface area contributed by atoms with Gasteiger partial charge in [-0.1, -0.05) is 30.3 Å². The van der Waals surface area contributed by atoms with Crippen LogP contribution in [0.25, 0.3) is 0 Å². The number of rotatable bonds is 2. The summed E-state index contributed by atoms with van der Waals surface area (Å²) in [4.78, 5) is 0. The molecule has 2 fully saturated rings. The van der Waals surface area contributed by atoms with Gasteiger partial charge in [0.1, 0.15) is 1.41 Å². The SMILES string of the molecule is [2H]N1CC[C@@H](N)C1C1CCC(c2ccccc2)C1. The summed E-state index contributed by atoms with van der Waals surface area (Å²) < 4.78 is 8.01. The van der Waals surface area contributed by atoms with Crippen LogP contribution in [0.3, 0.4) is 0 Å². The topological polar surface area (TPSA) is 38.0 Å². The third-order valence-corrected chi connectivity index (χ3v) is 4.47. The standard InChI is InChI=1S/C15H22N2/c16-14-8-9-17-15(14)13-7-6-12(10-13)11-4-2-1-3-5-11/h1-5,12-15,17H,6-10,16H2/t12?,13?,14-,15?/m1/s1/i/hD. The molecule has 2 heteroatoms. The van der Waals surface area contributed by atoms with Gasteiger partial charge < -0.3 is 11.0 Å². The van der Waals surface area contributed by atoms with Gasteiger partial charge in [0.15, 0.2) is 0 Å². The minimum atomic E-state index is 0.210. The number of hydrogen-bond acceptors (Lipinski definition) is 2. The highest BCUT2D eigenvalue weighted by Crippen LogP contribution is 2.40. The molecule has 0 bridgehead atoms. The van der Waals surface area contributed by atoms with Crippen LogP contribution in [-0.4, -0.2) is 18.6 Å². The van der Waals surface area contributed by atoms with Crippen LogP contribution in [0.2, 0.25) is 1.41 Å². The van der Waals surface area contributed by atoms with Crippen molar-refractivity contribution in [1.82, 2.24) is 5.31 Å². The van der Waals surface area contributed by atoms with Gasteiger partial charge in [-0.25, -0.2) is 0 Å². The maximum Gasteiger partial charge on any atom is 0.123 e. The van der Waals surface area contributed by atoms with Crippen LogP contribution in [0, 0.1) is 5.92 Å². The molecule has 0 amide bonds. The van der Waals surface area contributed by atoms with Crippen LogP contribution in [-0.2, 0) is 0 Å². The largest absolute Gasteiger partial charge is 0.326 e. The molecule has 0 spiro atoms. The Balaban J connectivity index is 1.68. The molecule has 4 atom stereocenters. The fraction of sp³-hybridized carbons (Fsp3) is 0.600. The van der Waals surface area contributed by atoms with Crippen LogP contribution in [0.15, 0.2) is 30.3 Å². The molecule has 92 valence electrons. The highest BCUT2D eigenvalue weighted by atomic mass is 15.0. The van der Waals surface area contributed by atoms with E-state index in [9.17, 15) is 0 Å². The zero-order chi connectivity index (χ0) is 12.5. The molecule has 17 heavy (non-hydrogen) atoms. The lowest BCUT2D eigenvalue weighted by Crippen LogP contribution is -2.41. The van der Waals surface area contributed by atoms with Gasteiger partial charge in [-0.2, -0.15) is 0 Å². The number of nitrogens with one attached hydrogen (secondary N) is 1. The van der Waals surface area contributed by atoms with Crippen LogP contribution in [0.4, 0.5) is 0 Å². The Morgan fingerprint density at radius 3 is 2.71 bits per heavy atom. The Morgan fingerprint density at radius 2 is 2.00 bits per heavy atom. The molecular weight excluding hydrogens is 208 g/mol. The van der Waals surface area contributed by atoms with Crippen molar-refractivity contribution in [1.29, 1.82) is 0 Å². The van der Waals surface area contributed by atoms with Crippen molar-refractivity contribution in [2.24, 2.45) is 11.7 Å². The van der Waals surface area contributed by atoms with Gasteiger partial charge in [0, 0.05) is 12.1 Å². The first-order valence-corrected chi connectivity index (χ1v) is 6.82. The minimum Gasteiger partial charge on any atom is -0.326 e. The number of benzene rings is 1. The fourth-order valence-corrected chi connectivity index (χ4v) is 3.53. The minimum absolute atomic E-state index is 0.210. The van der Waals surface area contributed by atoms with E-state index in [4.69, 9.17) is 7.15 Å². The maximum atomic E-state index is 8.01. The average molecular weight is 231 g/mol. The monoisotopic (exact) mass is 231 g/mol. The van der Waals surface area contributed by atoms with Crippen molar-refractivity contribution in [3.8, 4) is 0 Å². The molecule has 1 aromatic carbocycles. The molecule has 2 aliphatic rings. The van der Waals surface area contributed by atoms with Gasteiger partial charge in [0.2, 0.25) is 0 Å². The summed E-state index contributed by atoms with van der Waals surface area (Å²) in [7, 11) is 0. The molecule has 1 saturated heterocycles. The van der Waals surface area contributed by atoms with Crippen molar-refractivity contribution < 1.29 is 1.41 Å². The zero-order valence-electron chi connectivity index (χ0n) is 11.3. The first kappa shape index (κ1) is 10.1. The van der Waals surface area contributed by atoms with E-state index in [1.165, 1.54) is 24.8 Å². The molecule has 3 unspecified atom stereocenters. The van der Waals surface area contributed by atoms with Gasteiger partial charge in [-0.3, -0.25) is 0 Å². The Morgan fingerprint density at radius 1 is 1.18 bits per heavy atom. The number of hydrogen-bond donors (Lipinski definition) is 2. The molecule has 1 aliphatic heterocycles. The van der Waals surface area contributed by atoms with Crippen LogP contribution in [0.5, 0.6) is 0 Å². The predicted molar refractivity (Wildman–Crippen MR) is 70.9 cm³/mol. The lowest BCUT2D eigenvalue weighted by Gasteiger charge is -2.23. The van der Waals surface area contributed by atoms with E-state index < -0.39 is 0 Å². The highest BCUT2D eigenvalue weighted by Gasteiger charge is 2.36. The summed E-state index contributed by atoms with van der Waals surface area (Å²) in [6, 6.07) is 11.3. The van der Waals surface area contributed by atoms with E-state index in [1.807, 2.05) is 0 Å².